The lowest BCUT2D eigenvalue weighted by atomic mass is 10.1. The Bertz CT molecular complexity index is 1270. The minimum absolute atomic E-state index is 0.0164. The minimum atomic E-state index is -4.17. The summed E-state index contributed by atoms with van der Waals surface area (Å²) in [6.45, 7) is 10.0. The molecule has 0 saturated carbocycles. The van der Waals surface area contributed by atoms with Crippen LogP contribution in [0.3, 0.4) is 0 Å². The molecule has 0 atom stereocenters. The number of benzene rings is 1. The van der Waals surface area contributed by atoms with Crippen LogP contribution in [0.2, 0.25) is 0 Å². The molecule has 196 valence electrons. The van der Waals surface area contributed by atoms with Gasteiger partial charge in [0.1, 0.15) is 17.1 Å². The van der Waals surface area contributed by atoms with Crippen molar-refractivity contribution in [3.63, 3.8) is 0 Å². The van der Waals surface area contributed by atoms with Crippen LogP contribution in [0.15, 0.2) is 40.9 Å². The van der Waals surface area contributed by atoms with Crippen LogP contribution in [0.1, 0.15) is 63.9 Å². The fraction of sp³-hybridized carbons (Fsp3) is 0.480. The van der Waals surface area contributed by atoms with Gasteiger partial charge < -0.3 is 14.4 Å². The Morgan fingerprint density at radius 1 is 1.25 bits per heavy atom. The highest BCUT2D eigenvalue weighted by atomic mass is 32.2. The minimum Gasteiger partial charge on any atom is -0.449 e. The molecule has 0 aliphatic heterocycles. The van der Waals surface area contributed by atoms with Gasteiger partial charge in [-0.1, -0.05) is 51.5 Å². The Balaban J connectivity index is 1.89. The van der Waals surface area contributed by atoms with E-state index >= 15 is 0 Å². The Morgan fingerprint density at radius 2 is 1.94 bits per heavy atom. The van der Waals surface area contributed by atoms with E-state index in [1.807, 2.05) is 54.3 Å². The van der Waals surface area contributed by atoms with Gasteiger partial charge in [-0.15, -0.1) is 11.3 Å². The summed E-state index contributed by atoms with van der Waals surface area (Å²) in [5, 5.41) is 11.0. The number of aromatic nitrogens is 3. The summed E-state index contributed by atoms with van der Waals surface area (Å²) in [7, 11) is -4.17. The zero-order valence-corrected chi connectivity index (χ0v) is 22.9. The third-order valence-corrected chi connectivity index (χ3v) is 8.16. The quantitative estimate of drug-likeness (QED) is 0.342. The van der Waals surface area contributed by atoms with Crippen molar-refractivity contribution in [2.75, 3.05) is 6.61 Å². The molecule has 0 saturated heterocycles. The number of carbonyl (C=O) groups is 1. The molecular weight excluding hydrogens is 500 g/mol. The number of rotatable bonds is 11. The average Bonchev–Trinajstić information content (AvgIpc) is 3.41. The van der Waals surface area contributed by atoms with Gasteiger partial charge in [0.15, 0.2) is 4.21 Å². The summed E-state index contributed by atoms with van der Waals surface area (Å²) in [6, 6.07) is 7.38. The monoisotopic (exact) mass is 534 g/mol. The van der Waals surface area contributed by atoms with Gasteiger partial charge in [-0.25, -0.2) is 27.9 Å². The second-order valence-electron chi connectivity index (χ2n) is 9.57. The number of unbranched alkanes of at least 4 members (excludes halogenated alkanes) is 1. The van der Waals surface area contributed by atoms with Crippen LogP contribution in [-0.2, 0) is 33.3 Å². The summed E-state index contributed by atoms with van der Waals surface area (Å²) < 4.78 is 35.1. The predicted octanol–water partition coefficient (Wildman–Crippen LogP) is 4.70. The number of aliphatic hydroxyl groups is 1. The SMILES string of the molecule is CCCCOC(=O)NS(=O)(=O)c1sc(CC(C)C)nc1-c1ccc(Cn2ccnc2C(C)(C)O)cc1. The van der Waals surface area contributed by atoms with Crippen molar-refractivity contribution in [1.82, 2.24) is 19.3 Å². The van der Waals surface area contributed by atoms with Gasteiger partial charge in [-0.3, -0.25) is 0 Å². The highest BCUT2D eigenvalue weighted by molar-refractivity contribution is 7.92. The van der Waals surface area contributed by atoms with E-state index in [2.05, 4.69) is 9.97 Å². The first-order chi connectivity index (χ1) is 16.9. The van der Waals surface area contributed by atoms with Crippen molar-refractivity contribution in [2.45, 2.75) is 70.2 Å². The van der Waals surface area contributed by atoms with Crippen LogP contribution < -0.4 is 4.72 Å². The number of ether oxygens (including phenoxy) is 1. The number of amides is 1. The molecule has 3 aromatic rings. The Hall–Kier alpha value is -2.76. The van der Waals surface area contributed by atoms with Crippen LogP contribution in [0.25, 0.3) is 11.3 Å². The van der Waals surface area contributed by atoms with E-state index in [0.717, 1.165) is 23.3 Å². The van der Waals surface area contributed by atoms with Crippen molar-refractivity contribution in [1.29, 1.82) is 0 Å². The van der Waals surface area contributed by atoms with Crippen molar-refractivity contribution in [3.8, 4) is 11.3 Å². The maximum Gasteiger partial charge on any atom is 0.421 e. The van der Waals surface area contributed by atoms with E-state index in [1.165, 1.54) is 0 Å². The highest BCUT2D eigenvalue weighted by Gasteiger charge is 2.28. The van der Waals surface area contributed by atoms with Gasteiger partial charge in [0.05, 0.1) is 11.6 Å². The van der Waals surface area contributed by atoms with Crippen molar-refractivity contribution < 1.29 is 23.1 Å². The molecule has 0 radical (unpaired) electrons. The number of imidazole rings is 1. The lowest BCUT2D eigenvalue weighted by molar-refractivity contribution is 0.0652. The fourth-order valence-electron chi connectivity index (χ4n) is 3.58. The Labute approximate surface area is 216 Å². The molecule has 1 amide bonds. The van der Waals surface area contributed by atoms with Crippen LogP contribution in [-0.4, -0.2) is 40.8 Å². The number of thiazole rings is 1. The second kappa shape index (κ2) is 11.5. The first-order valence-electron chi connectivity index (χ1n) is 11.9. The van der Waals surface area contributed by atoms with Gasteiger partial charge in [0.25, 0.3) is 10.0 Å². The highest BCUT2D eigenvalue weighted by Crippen LogP contribution is 2.33. The van der Waals surface area contributed by atoms with E-state index in [4.69, 9.17) is 4.74 Å². The summed E-state index contributed by atoms with van der Waals surface area (Å²) >= 11 is 1.06. The van der Waals surface area contributed by atoms with Gasteiger partial charge in [0, 0.05) is 30.9 Å². The molecule has 36 heavy (non-hydrogen) atoms. The van der Waals surface area contributed by atoms with Gasteiger partial charge in [0.2, 0.25) is 0 Å². The van der Waals surface area contributed by atoms with Crippen LogP contribution in [0.4, 0.5) is 4.79 Å². The number of sulfonamides is 1. The van der Waals surface area contributed by atoms with Crippen molar-refractivity contribution in [2.24, 2.45) is 5.92 Å². The number of hydrogen-bond donors (Lipinski definition) is 2. The van der Waals surface area contributed by atoms with Crippen LogP contribution in [0, 0.1) is 5.92 Å². The molecule has 1 aromatic carbocycles. The number of nitrogens with zero attached hydrogens (tertiary/aromatic N) is 3. The maximum atomic E-state index is 13.1. The third kappa shape index (κ3) is 7.14. The third-order valence-electron chi connectivity index (χ3n) is 5.26. The normalized spacial score (nSPS) is 12.2. The van der Waals surface area contributed by atoms with Gasteiger partial charge in [-0.2, -0.15) is 0 Å². The fourth-order valence-corrected chi connectivity index (χ4v) is 6.24. The molecule has 0 aliphatic carbocycles. The molecule has 0 fully saturated rings. The van der Waals surface area contributed by atoms with Crippen LogP contribution >= 0.6 is 11.3 Å². The molecule has 2 heterocycles. The molecule has 0 spiro atoms. The average molecular weight is 535 g/mol. The van der Waals surface area contributed by atoms with E-state index in [-0.39, 0.29) is 16.7 Å². The van der Waals surface area contributed by atoms with Crippen LogP contribution in [0.5, 0.6) is 0 Å². The Morgan fingerprint density at radius 3 is 2.56 bits per heavy atom. The summed E-state index contributed by atoms with van der Waals surface area (Å²) in [5.74, 6) is 0.837. The van der Waals surface area contributed by atoms with E-state index in [9.17, 15) is 18.3 Å². The van der Waals surface area contributed by atoms with Crippen molar-refractivity contribution in [3.05, 3.63) is 53.1 Å². The maximum absolute atomic E-state index is 13.1. The molecule has 3 rings (SSSR count). The summed E-state index contributed by atoms with van der Waals surface area (Å²) in [4.78, 5) is 21.0. The second-order valence-corrected chi connectivity index (χ2v) is 12.5. The molecular formula is C25H34N4O5S2. The summed E-state index contributed by atoms with van der Waals surface area (Å²) in [6.07, 6.45) is 4.55. The summed E-state index contributed by atoms with van der Waals surface area (Å²) in [5.41, 5.74) is 0.793. The van der Waals surface area contributed by atoms with E-state index in [0.29, 0.717) is 41.5 Å². The number of nitrogens with one attached hydrogen (secondary N) is 1. The lowest BCUT2D eigenvalue weighted by Gasteiger charge is -2.18. The predicted molar refractivity (Wildman–Crippen MR) is 139 cm³/mol. The molecule has 0 aliphatic rings. The Kier molecular flexibility index (Phi) is 8.91. The van der Waals surface area contributed by atoms with E-state index < -0.39 is 21.7 Å². The van der Waals surface area contributed by atoms with Gasteiger partial charge in [-0.05, 0) is 31.7 Å². The molecule has 9 nitrogen and oxygen atoms in total. The van der Waals surface area contributed by atoms with Crippen molar-refractivity contribution >= 4 is 27.5 Å². The lowest BCUT2D eigenvalue weighted by Crippen LogP contribution is -2.31. The zero-order valence-electron chi connectivity index (χ0n) is 21.3. The molecule has 11 heteroatoms. The largest absolute Gasteiger partial charge is 0.449 e. The molecule has 0 unspecified atom stereocenters. The topological polar surface area (TPSA) is 123 Å². The smallest absolute Gasteiger partial charge is 0.421 e. The zero-order chi connectivity index (χ0) is 26.5. The number of hydrogen-bond acceptors (Lipinski definition) is 8. The molecule has 0 bridgehead atoms. The van der Waals surface area contributed by atoms with Gasteiger partial charge >= 0.3 is 6.09 Å². The first-order valence-corrected chi connectivity index (χ1v) is 14.2. The number of carbonyl (C=O) groups excluding carboxylic acids is 1. The first kappa shape index (κ1) is 27.8. The molecule has 2 aromatic heterocycles. The molecule has 2 N–H and O–H groups in total. The standard InChI is InChI=1S/C25H34N4O5S2/c1-6-7-14-34-24(30)28-36(32,33)22-21(27-20(35-22)15-17(2)3)19-10-8-18(9-11-19)16-29-13-12-26-23(29)25(4,5)31/h8-13,17,31H,6-7,14-16H2,1-5H3,(H,28,30). The van der Waals surface area contributed by atoms with E-state index in [1.54, 1.807) is 26.2 Å².